The maximum atomic E-state index is 12.0. The first-order chi connectivity index (χ1) is 34.9. The van der Waals surface area contributed by atoms with E-state index in [1.165, 1.54) is 180 Å². The summed E-state index contributed by atoms with van der Waals surface area (Å²) in [4.78, 5) is 47.5. The number of ether oxygens (including phenoxy) is 4. The third-order valence-corrected chi connectivity index (χ3v) is 14.1. The van der Waals surface area contributed by atoms with Gasteiger partial charge in [-0.2, -0.15) is 0 Å². The highest BCUT2D eigenvalue weighted by molar-refractivity contribution is 5.70. The summed E-state index contributed by atoms with van der Waals surface area (Å²) in [6, 6.07) is 0. The van der Waals surface area contributed by atoms with Crippen molar-refractivity contribution in [2.45, 2.75) is 338 Å². The minimum absolute atomic E-state index is 0.0103. The molecular formula is C64H124O8. The summed E-state index contributed by atoms with van der Waals surface area (Å²) in [6.45, 7) is 20.2. The van der Waals surface area contributed by atoms with Gasteiger partial charge in [-0.05, 0) is 62.2 Å². The Kier molecular flexibility index (Phi) is 58.1. The third-order valence-electron chi connectivity index (χ3n) is 14.1. The minimum Gasteiger partial charge on any atom is -0.466 e. The molecule has 0 heterocycles. The van der Waals surface area contributed by atoms with Crippen molar-refractivity contribution in [2.75, 3.05) is 26.4 Å². The van der Waals surface area contributed by atoms with Gasteiger partial charge >= 0.3 is 23.9 Å². The van der Waals surface area contributed by atoms with Crippen LogP contribution in [0, 0.1) is 23.7 Å². The first kappa shape index (κ1) is 72.0. The fourth-order valence-electron chi connectivity index (χ4n) is 9.21. The van der Waals surface area contributed by atoms with Gasteiger partial charge < -0.3 is 18.9 Å². The molecule has 0 aromatic rings. The molecule has 0 aliphatic heterocycles. The predicted molar refractivity (Wildman–Crippen MR) is 306 cm³/mol. The number of unbranched alkanes of at least 4 members (excludes halogenated alkanes) is 30. The molecule has 2 atom stereocenters. The van der Waals surface area contributed by atoms with E-state index in [-0.39, 0.29) is 23.9 Å². The lowest BCUT2D eigenvalue weighted by molar-refractivity contribution is -0.145. The average Bonchev–Trinajstić information content (AvgIpc) is 3.34. The summed E-state index contributed by atoms with van der Waals surface area (Å²) in [5, 5.41) is 0. The predicted octanol–water partition coefficient (Wildman–Crippen LogP) is 19.9. The quantitative estimate of drug-likeness (QED) is 0.0337. The molecule has 0 rings (SSSR count). The van der Waals surface area contributed by atoms with Crippen LogP contribution in [0.1, 0.15) is 338 Å². The highest BCUT2D eigenvalue weighted by atomic mass is 16.5. The Morgan fingerprint density at radius 3 is 0.778 bits per heavy atom. The Morgan fingerprint density at radius 1 is 0.264 bits per heavy atom. The molecular weight excluding hydrogens is 897 g/mol. The van der Waals surface area contributed by atoms with Crippen molar-refractivity contribution < 1.29 is 38.1 Å². The van der Waals surface area contributed by atoms with Crippen LogP contribution in [0.2, 0.25) is 0 Å². The summed E-state index contributed by atoms with van der Waals surface area (Å²) in [7, 11) is 0. The molecule has 0 aromatic heterocycles. The summed E-state index contributed by atoms with van der Waals surface area (Å²) in [6.07, 6.45) is 50.5. The second kappa shape index (κ2) is 58.1. The van der Waals surface area contributed by atoms with Crippen LogP contribution < -0.4 is 0 Å². The van der Waals surface area contributed by atoms with E-state index < -0.39 is 0 Å². The number of carbonyl (C=O) groups is 4. The lowest BCUT2D eigenvalue weighted by atomic mass is 9.99. The van der Waals surface area contributed by atoms with Gasteiger partial charge in [0.05, 0.1) is 26.4 Å². The van der Waals surface area contributed by atoms with Gasteiger partial charge in [0.1, 0.15) is 0 Å². The summed E-state index contributed by atoms with van der Waals surface area (Å²) in [5.41, 5.74) is 0. The Morgan fingerprint density at radius 2 is 0.486 bits per heavy atom. The van der Waals surface area contributed by atoms with Crippen molar-refractivity contribution >= 4 is 23.9 Å². The fraction of sp³-hybridized carbons (Fsp3) is 0.938. The number of esters is 4. The third kappa shape index (κ3) is 62.2. The molecule has 428 valence electrons. The first-order valence-corrected chi connectivity index (χ1v) is 31.5. The van der Waals surface area contributed by atoms with E-state index in [1.54, 1.807) is 0 Å². The number of hydrogen-bond acceptors (Lipinski definition) is 8. The summed E-state index contributed by atoms with van der Waals surface area (Å²) < 4.78 is 21.5. The van der Waals surface area contributed by atoms with Gasteiger partial charge in [-0.1, -0.05) is 274 Å². The molecule has 72 heavy (non-hydrogen) atoms. The maximum absolute atomic E-state index is 12.0. The fourth-order valence-corrected chi connectivity index (χ4v) is 9.21. The van der Waals surface area contributed by atoms with E-state index in [0.717, 1.165) is 88.9 Å². The highest BCUT2D eigenvalue weighted by Crippen LogP contribution is 2.19. The van der Waals surface area contributed by atoms with Crippen LogP contribution in [0.25, 0.3) is 0 Å². The van der Waals surface area contributed by atoms with E-state index >= 15 is 0 Å². The lowest BCUT2D eigenvalue weighted by Crippen LogP contribution is -2.10. The van der Waals surface area contributed by atoms with Crippen molar-refractivity contribution in [1.82, 2.24) is 0 Å². The van der Waals surface area contributed by atoms with Crippen LogP contribution in [0.4, 0.5) is 0 Å². The molecule has 0 aliphatic carbocycles. The van der Waals surface area contributed by atoms with Crippen LogP contribution in [0.15, 0.2) is 0 Å². The number of rotatable bonds is 54. The highest BCUT2D eigenvalue weighted by Gasteiger charge is 2.12. The van der Waals surface area contributed by atoms with Gasteiger partial charge in [0.25, 0.3) is 0 Å². The Bertz CT molecular complexity index is 1150. The summed E-state index contributed by atoms with van der Waals surface area (Å²) >= 11 is 0. The van der Waals surface area contributed by atoms with Gasteiger partial charge in [0.15, 0.2) is 0 Å². The number of carbonyl (C=O) groups excluding carboxylic acids is 4. The zero-order chi connectivity index (χ0) is 53.4. The van der Waals surface area contributed by atoms with Crippen LogP contribution in [-0.4, -0.2) is 50.3 Å². The molecule has 8 heteroatoms. The van der Waals surface area contributed by atoms with Gasteiger partial charge in [-0.3, -0.25) is 19.2 Å². The van der Waals surface area contributed by atoms with Gasteiger partial charge in [0.2, 0.25) is 0 Å². The zero-order valence-corrected chi connectivity index (χ0v) is 49.5. The zero-order valence-electron chi connectivity index (χ0n) is 49.5. The van der Waals surface area contributed by atoms with Crippen LogP contribution in [0.5, 0.6) is 0 Å². The standard InChI is InChI=1S/2C32H62O4/c1-28(2)21-15-13-19-25-35-31(33)24-18-12-10-8-6-7-9-11-17-23-30(5)27-32(34)36-26-20-14-16-22-29(3)4;1-4-6-8-10-19-23-27-35-31(33)26-22-18-16-14-12-13-15-17-21-25-30(3)29-32(34)36-28-24-20-11-9-7-5-2/h28-30H,6-27H2,1-5H3;30H,4-29H2,1-3H3. The largest absolute Gasteiger partial charge is 0.466 e. The van der Waals surface area contributed by atoms with Crippen LogP contribution >= 0.6 is 0 Å². The molecule has 2 unspecified atom stereocenters. The van der Waals surface area contributed by atoms with E-state index in [1.807, 2.05) is 0 Å². The SMILES string of the molecule is CC(C)CCCCCOC(=O)CCCCCCCCCCCC(C)CC(=O)OCCCCCC(C)C.CCCCCCCCOC(=O)CCCCCCCCCCCC(C)CC(=O)OCCCCCCCC. The van der Waals surface area contributed by atoms with Crippen molar-refractivity contribution in [1.29, 1.82) is 0 Å². The first-order valence-electron chi connectivity index (χ1n) is 31.5. The molecule has 0 N–H and O–H groups in total. The van der Waals surface area contributed by atoms with Gasteiger partial charge in [-0.25, -0.2) is 0 Å². The van der Waals surface area contributed by atoms with E-state index in [4.69, 9.17) is 18.9 Å². The Labute approximate surface area is 448 Å². The molecule has 0 bridgehead atoms. The molecule has 0 fully saturated rings. The van der Waals surface area contributed by atoms with Crippen LogP contribution in [0.3, 0.4) is 0 Å². The second-order valence-electron chi connectivity index (χ2n) is 23.0. The lowest BCUT2D eigenvalue weighted by Gasteiger charge is -2.11. The van der Waals surface area contributed by atoms with Crippen LogP contribution in [-0.2, 0) is 38.1 Å². The smallest absolute Gasteiger partial charge is 0.306 e. The maximum Gasteiger partial charge on any atom is 0.306 e. The topological polar surface area (TPSA) is 105 Å². The average molecular weight is 1020 g/mol. The van der Waals surface area contributed by atoms with E-state index in [2.05, 4.69) is 55.4 Å². The molecule has 0 aromatic carbocycles. The molecule has 0 aliphatic rings. The minimum atomic E-state index is -0.0169. The molecule has 0 amide bonds. The molecule has 0 spiro atoms. The monoisotopic (exact) mass is 1020 g/mol. The van der Waals surface area contributed by atoms with E-state index in [9.17, 15) is 19.2 Å². The van der Waals surface area contributed by atoms with E-state index in [0.29, 0.717) is 63.9 Å². The van der Waals surface area contributed by atoms with Crippen molar-refractivity contribution in [3.8, 4) is 0 Å². The molecule has 0 radical (unpaired) electrons. The van der Waals surface area contributed by atoms with Crippen molar-refractivity contribution in [2.24, 2.45) is 23.7 Å². The molecule has 0 saturated carbocycles. The molecule has 0 saturated heterocycles. The Balaban J connectivity index is 0. The van der Waals surface area contributed by atoms with Crippen molar-refractivity contribution in [3.05, 3.63) is 0 Å². The number of hydrogen-bond donors (Lipinski definition) is 0. The normalized spacial score (nSPS) is 12.1. The Hall–Kier alpha value is -2.12. The summed E-state index contributed by atoms with van der Waals surface area (Å²) in [5.74, 6) is 2.33. The molecule has 8 nitrogen and oxygen atoms in total. The van der Waals surface area contributed by atoms with Gasteiger partial charge in [0, 0.05) is 25.7 Å². The van der Waals surface area contributed by atoms with Crippen molar-refractivity contribution in [3.63, 3.8) is 0 Å². The second-order valence-corrected chi connectivity index (χ2v) is 23.0. The van der Waals surface area contributed by atoms with Gasteiger partial charge in [-0.15, -0.1) is 0 Å².